The quantitative estimate of drug-likeness (QED) is 0.666. The van der Waals surface area contributed by atoms with Gasteiger partial charge in [0, 0.05) is 37.6 Å². The second-order valence-corrected chi connectivity index (χ2v) is 7.01. The van der Waals surface area contributed by atoms with Crippen LogP contribution in [0.1, 0.15) is 25.6 Å². The number of hydrogen-bond donors (Lipinski definition) is 2. The van der Waals surface area contributed by atoms with Crippen LogP contribution in [0.15, 0.2) is 29.8 Å². The van der Waals surface area contributed by atoms with E-state index in [9.17, 15) is 8.42 Å². The summed E-state index contributed by atoms with van der Waals surface area (Å²) < 4.78 is 28.4. The average Bonchev–Trinajstić information content (AvgIpc) is 2.84. The number of aliphatic hydroxyl groups excluding tert-OH is 1. The van der Waals surface area contributed by atoms with Crippen LogP contribution in [-0.2, 0) is 16.6 Å². The molecule has 1 aromatic heterocycles. The minimum absolute atomic E-state index is 0.0581. The summed E-state index contributed by atoms with van der Waals surface area (Å²) in [6, 6.07) is 1.85. The highest BCUT2D eigenvalue weighted by Gasteiger charge is 2.25. The highest BCUT2D eigenvalue weighted by atomic mass is 32.2. The van der Waals surface area contributed by atoms with Gasteiger partial charge in [-0.3, -0.25) is 0 Å². The van der Waals surface area contributed by atoms with Crippen molar-refractivity contribution >= 4 is 10.0 Å². The minimum Gasteiger partial charge on any atom is -0.395 e. The lowest BCUT2D eigenvalue weighted by molar-refractivity contribution is 0.260. The Morgan fingerprint density at radius 2 is 2.19 bits per heavy atom. The van der Waals surface area contributed by atoms with Crippen molar-refractivity contribution in [2.24, 2.45) is 0 Å². The van der Waals surface area contributed by atoms with Gasteiger partial charge in [0.15, 0.2) is 0 Å². The molecule has 0 atom stereocenters. The zero-order valence-electron chi connectivity index (χ0n) is 12.9. The molecule has 0 aromatic carbocycles. The largest absolute Gasteiger partial charge is 0.395 e. The summed E-state index contributed by atoms with van der Waals surface area (Å²) in [5, 5.41) is 12.1. The fraction of sp³-hybridized carbons (Fsp3) is 0.571. The van der Waals surface area contributed by atoms with Crippen LogP contribution in [0.25, 0.3) is 0 Å². The Bertz CT molecular complexity index is 564. The fourth-order valence-corrected chi connectivity index (χ4v) is 3.61. The molecule has 0 radical (unpaired) electrons. The molecule has 0 amide bonds. The number of hydrogen-bond acceptors (Lipinski definition) is 4. The van der Waals surface area contributed by atoms with Crippen LogP contribution < -0.4 is 5.32 Å². The van der Waals surface area contributed by atoms with Gasteiger partial charge in [0.05, 0.1) is 6.61 Å². The van der Waals surface area contributed by atoms with Gasteiger partial charge in [0.25, 0.3) is 0 Å². The lowest BCUT2D eigenvalue weighted by Gasteiger charge is -2.18. The lowest BCUT2D eigenvalue weighted by Crippen LogP contribution is -2.33. The van der Waals surface area contributed by atoms with Crippen molar-refractivity contribution < 1.29 is 13.5 Å². The lowest BCUT2D eigenvalue weighted by atomic mass is 10.3. The van der Waals surface area contributed by atoms with Crippen LogP contribution in [-0.4, -0.2) is 49.1 Å². The summed E-state index contributed by atoms with van der Waals surface area (Å²) in [7, 11) is -1.80. The van der Waals surface area contributed by atoms with Crippen molar-refractivity contribution in [2.45, 2.75) is 31.3 Å². The van der Waals surface area contributed by atoms with E-state index in [4.69, 9.17) is 5.11 Å². The summed E-state index contributed by atoms with van der Waals surface area (Å²) >= 11 is 0. The maximum Gasteiger partial charge on any atom is 0.244 e. The topological polar surface area (TPSA) is 74.6 Å². The predicted molar refractivity (Wildman–Crippen MR) is 83.6 cm³/mol. The first-order chi connectivity index (χ1) is 9.88. The van der Waals surface area contributed by atoms with Crippen molar-refractivity contribution in [2.75, 3.05) is 26.7 Å². The van der Waals surface area contributed by atoms with E-state index in [0.29, 0.717) is 6.54 Å². The second-order valence-electron chi connectivity index (χ2n) is 5.07. The van der Waals surface area contributed by atoms with Crippen molar-refractivity contribution in [1.29, 1.82) is 0 Å². The van der Waals surface area contributed by atoms with E-state index in [1.165, 1.54) is 10.4 Å². The highest BCUT2D eigenvalue weighted by molar-refractivity contribution is 7.89. The summed E-state index contributed by atoms with van der Waals surface area (Å²) in [4.78, 5) is 0.247. The van der Waals surface area contributed by atoms with Gasteiger partial charge in [-0.2, -0.15) is 4.31 Å². The van der Waals surface area contributed by atoms with Gasteiger partial charge in [0.1, 0.15) is 4.90 Å². The fourth-order valence-electron chi connectivity index (χ4n) is 2.16. The van der Waals surface area contributed by atoms with Crippen molar-refractivity contribution in [1.82, 2.24) is 14.2 Å². The van der Waals surface area contributed by atoms with Crippen molar-refractivity contribution in [3.8, 4) is 0 Å². The Kier molecular flexibility index (Phi) is 6.60. The molecule has 21 heavy (non-hydrogen) atoms. The summed E-state index contributed by atoms with van der Waals surface area (Å²) in [5.74, 6) is 0. The molecule has 0 unspecified atom stereocenters. The Balaban J connectivity index is 3.23. The first-order valence-electron chi connectivity index (χ1n) is 6.95. The molecule has 0 saturated carbocycles. The van der Waals surface area contributed by atoms with Gasteiger partial charge in [-0.15, -0.1) is 6.58 Å². The Labute approximate surface area is 127 Å². The first kappa shape index (κ1) is 17.9. The summed E-state index contributed by atoms with van der Waals surface area (Å²) in [5.41, 5.74) is 0.911. The number of aliphatic hydroxyl groups is 1. The molecule has 0 aliphatic heterocycles. The smallest absolute Gasteiger partial charge is 0.244 e. The first-order valence-corrected chi connectivity index (χ1v) is 8.39. The van der Waals surface area contributed by atoms with E-state index in [2.05, 4.69) is 11.9 Å². The van der Waals surface area contributed by atoms with E-state index in [1.807, 2.05) is 25.5 Å². The average molecular weight is 315 g/mol. The number of sulfonamides is 1. The molecule has 1 heterocycles. The molecular formula is C14H25N3O3S. The van der Waals surface area contributed by atoms with Gasteiger partial charge in [-0.25, -0.2) is 8.42 Å². The highest BCUT2D eigenvalue weighted by Crippen LogP contribution is 2.22. The molecule has 1 rings (SSSR count). The van der Waals surface area contributed by atoms with Gasteiger partial charge in [-0.1, -0.05) is 6.08 Å². The monoisotopic (exact) mass is 315 g/mol. The van der Waals surface area contributed by atoms with E-state index in [0.717, 1.165) is 5.69 Å². The molecule has 0 fully saturated rings. The van der Waals surface area contributed by atoms with Gasteiger partial charge >= 0.3 is 0 Å². The predicted octanol–water partition coefficient (Wildman–Crippen LogP) is 0.957. The molecule has 7 heteroatoms. The third-order valence-electron chi connectivity index (χ3n) is 3.14. The molecular weight excluding hydrogens is 290 g/mol. The molecule has 0 bridgehead atoms. The number of rotatable bonds is 9. The van der Waals surface area contributed by atoms with Gasteiger partial charge in [-0.05, 0) is 27.0 Å². The number of aromatic nitrogens is 1. The Morgan fingerprint density at radius 3 is 2.67 bits per heavy atom. The number of nitrogens with zero attached hydrogens (tertiary/aromatic N) is 2. The molecule has 2 N–H and O–H groups in total. The molecule has 1 aromatic rings. The van der Waals surface area contributed by atoms with Crippen LogP contribution in [0.4, 0.5) is 0 Å². The zero-order valence-corrected chi connectivity index (χ0v) is 13.7. The molecule has 0 saturated heterocycles. The Morgan fingerprint density at radius 1 is 1.52 bits per heavy atom. The van der Waals surface area contributed by atoms with Crippen LogP contribution >= 0.6 is 0 Å². The summed E-state index contributed by atoms with van der Waals surface area (Å²) in [6.07, 6.45) is 3.17. The summed E-state index contributed by atoms with van der Waals surface area (Å²) in [6.45, 7) is 8.18. The van der Waals surface area contributed by atoms with Crippen LogP contribution in [0.3, 0.4) is 0 Å². The third kappa shape index (κ3) is 4.16. The number of nitrogens with one attached hydrogen (secondary N) is 1. The molecule has 120 valence electrons. The van der Waals surface area contributed by atoms with Crippen molar-refractivity contribution in [3.63, 3.8) is 0 Å². The molecule has 0 aliphatic carbocycles. The SMILES string of the molecule is C=CCN(CCO)S(=O)(=O)c1cc(CNC)n(C(C)C)c1. The van der Waals surface area contributed by atoms with Crippen molar-refractivity contribution in [3.05, 3.63) is 30.6 Å². The van der Waals surface area contributed by atoms with Crippen LogP contribution in [0.2, 0.25) is 0 Å². The third-order valence-corrected chi connectivity index (χ3v) is 4.97. The van der Waals surface area contributed by atoms with E-state index >= 15 is 0 Å². The Hall–Kier alpha value is -1.15. The van der Waals surface area contributed by atoms with Crippen LogP contribution in [0.5, 0.6) is 0 Å². The maximum atomic E-state index is 12.6. The van der Waals surface area contributed by atoms with E-state index in [-0.39, 0.29) is 30.6 Å². The van der Waals surface area contributed by atoms with Crippen LogP contribution in [0, 0.1) is 0 Å². The maximum absolute atomic E-state index is 12.6. The molecule has 0 spiro atoms. The second kappa shape index (κ2) is 7.74. The van der Waals surface area contributed by atoms with Gasteiger partial charge < -0.3 is 15.0 Å². The van der Waals surface area contributed by atoms with Gasteiger partial charge in [0.2, 0.25) is 10.0 Å². The minimum atomic E-state index is -3.63. The van der Waals surface area contributed by atoms with E-state index < -0.39 is 10.0 Å². The normalized spacial score (nSPS) is 12.3. The van der Waals surface area contributed by atoms with E-state index in [1.54, 1.807) is 12.3 Å². The molecule has 6 nitrogen and oxygen atoms in total. The molecule has 0 aliphatic rings. The zero-order chi connectivity index (χ0) is 16.0. The standard InChI is InChI=1S/C14H25N3O3S/c1-5-6-16(7-8-18)21(19,20)14-9-13(10-15-4)17(11-14)12(2)3/h5,9,11-12,15,18H,1,6-8,10H2,2-4H3.